The van der Waals surface area contributed by atoms with Crippen molar-refractivity contribution < 1.29 is 14.3 Å². The molecule has 136 valence electrons. The fraction of sp³-hybridized carbons (Fsp3) is 0.421. The van der Waals surface area contributed by atoms with E-state index >= 15 is 0 Å². The van der Waals surface area contributed by atoms with Crippen LogP contribution < -0.4 is 9.64 Å². The van der Waals surface area contributed by atoms with E-state index in [0.29, 0.717) is 25.3 Å². The smallest absolute Gasteiger partial charge is 0.267 e. The van der Waals surface area contributed by atoms with Crippen LogP contribution in [0.25, 0.3) is 0 Å². The lowest BCUT2D eigenvalue weighted by Gasteiger charge is -2.33. The van der Waals surface area contributed by atoms with Crippen molar-refractivity contribution in [1.82, 2.24) is 14.7 Å². The van der Waals surface area contributed by atoms with Gasteiger partial charge in [0.2, 0.25) is 5.91 Å². The number of anilines is 1. The van der Waals surface area contributed by atoms with Gasteiger partial charge in [0, 0.05) is 38.4 Å². The van der Waals surface area contributed by atoms with Gasteiger partial charge in [0.05, 0.1) is 11.7 Å². The highest BCUT2D eigenvalue weighted by Gasteiger charge is 2.33. The van der Waals surface area contributed by atoms with Gasteiger partial charge in [-0.3, -0.25) is 14.3 Å². The van der Waals surface area contributed by atoms with Gasteiger partial charge in [-0.2, -0.15) is 5.10 Å². The topological polar surface area (TPSA) is 67.7 Å². The second-order valence-electron chi connectivity index (χ2n) is 6.74. The third kappa shape index (κ3) is 3.05. The molecule has 0 saturated carbocycles. The molecular formula is C19H22N4O3. The summed E-state index contributed by atoms with van der Waals surface area (Å²) in [7, 11) is 0. The van der Waals surface area contributed by atoms with Crippen LogP contribution in [0, 0.1) is 0 Å². The maximum Gasteiger partial charge on any atom is 0.267 e. The van der Waals surface area contributed by atoms with Gasteiger partial charge in [0.1, 0.15) is 5.75 Å². The molecule has 0 bridgehead atoms. The normalized spacial score (nSPS) is 22.3. The molecule has 1 aromatic carbocycles. The molecular weight excluding hydrogens is 332 g/mol. The number of nitrogens with zero attached hydrogens (tertiary/aromatic N) is 4. The zero-order valence-electron chi connectivity index (χ0n) is 14.7. The number of para-hydroxylation sites is 2. The first-order chi connectivity index (χ1) is 12.6. The summed E-state index contributed by atoms with van der Waals surface area (Å²) in [5.41, 5.74) is 0.735. The van der Waals surface area contributed by atoms with Crippen molar-refractivity contribution in [1.29, 1.82) is 0 Å². The Balaban J connectivity index is 1.39. The summed E-state index contributed by atoms with van der Waals surface area (Å²) < 4.78 is 7.55. The van der Waals surface area contributed by atoms with E-state index in [0.717, 1.165) is 18.7 Å². The van der Waals surface area contributed by atoms with E-state index < -0.39 is 6.10 Å². The van der Waals surface area contributed by atoms with Gasteiger partial charge in [-0.1, -0.05) is 12.1 Å². The average molecular weight is 354 g/mol. The lowest BCUT2D eigenvalue weighted by molar-refractivity contribution is -0.130. The van der Waals surface area contributed by atoms with E-state index in [1.165, 1.54) is 0 Å². The SMILES string of the molecule is CC1Oc2ccccc2N(CCC(=O)N2CCC(n3cccn3)C2)C1=O. The van der Waals surface area contributed by atoms with Crippen LogP contribution in [0.3, 0.4) is 0 Å². The number of hydrogen-bond acceptors (Lipinski definition) is 4. The average Bonchev–Trinajstić information content (AvgIpc) is 3.33. The largest absolute Gasteiger partial charge is 0.479 e. The minimum Gasteiger partial charge on any atom is -0.479 e. The molecule has 7 heteroatoms. The van der Waals surface area contributed by atoms with E-state index in [-0.39, 0.29) is 17.9 Å². The minimum atomic E-state index is -0.531. The molecule has 3 heterocycles. The highest BCUT2D eigenvalue weighted by Crippen LogP contribution is 2.33. The summed E-state index contributed by atoms with van der Waals surface area (Å²) in [5, 5.41) is 4.27. The van der Waals surface area contributed by atoms with Crippen molar-refractivity contribution >= 4 is 17.5 Å². The van der Waals surface area contributed by atoms with Crippen molar-refractivity contribution in [2.24, 2.45) is 0 Å². The maximum absolute atomic E-state index is 12.6. The fourth-order valence-corrected chi connectivity index (χ4v) is 3.64. The molecule has 2 aliphatic rings. The Labute approximate surface area is 152 Å². The number of fused-ring (bicyclic) bond motifs is 1. The molecule has 26 heavy (non-hydrogen) atoms. The van der Waals surface area contributed by atoms with E-state index in [1.54, 1.807) is 18.0 Å². The third-order valence-corrected chi connectivity index (χ3v) is 5.04. The number of ether oxygens (including phenoxy) is 1. The second kappa shape index (κ2) is 6.82. The maximum atomic E-state index is 12.6. The number of hydrogen-bond donors (Lipinski definition) is 0. The van der Waals surface area contributed by atoms with Gasteiger partial charge in [-0.05, 0) is 31.5 Å². The molecule has 2 aliphatic heterocycles. The number of benzene rings is 1. The molecule has 0 N–H and O–H groups in total. The summed E-state index contributed by atoms with van der Waals surface area (Å²) in [5.74, 6) is 0.656. The molecule has 1 aromatic heterocycles. The Morgan fingerprint density at radius 1 is 1.31 bits per heavy atom. The van der Waals surface area contributed by atoms with Gasteiger partial charge in [0.15, 0.2) is 6.10 Å². The zero-order valence-corrected chi connectivity index (χ0v) is 14.7. The van der Waals surface area contributed by atoms with Crippen LogP contribution in [0.1, 0.15) is 25.8 Å². The molecule has 1 saturated heterocycles. The molecule has 0 spiro atoms. The molecule has 1 fully saturated rings. The molecule has 7 nitrogen and oxygen atoms in total. The Hall–Kier alpha value is -2.83. The van der Waals surface area contributed by atoms with Crippen LogP contribution >= 0.6 is 0 Å². The Morgan fingerprint density at radius 3 is 2.96 bits per heavy atom. The summed E-state index contributed by atoms with van der Waals surface area (Å²) in [6.45, 7) is 3.51. The first-order valence-corrected chi connectivity index (χ1v) is 8.97. The van der Waals surface area contributed by atoms with Crippen LogP contribution in [-0.4, -0.2) is 52.2 Å². The summed E-state index contributed by atoms with van der Waals surface area (Å²) in [6.07, 6.45) is 4.37. The summed E-state index contributed by atoms with van der Waals surface area (Å²) >= 11 is 0. The van der Waals surface area contributed by atoms with E-state index in [9.17, 15) is 9.59 Å². The van der Waals surface area contributed by atoms with Crippen LogP contribution in [0.5, 0.6) is 5.75 Å². The number of amides is 2. The number of carbonyl (C=O) groups excluding carboxylic acids is 2. The highest BCUT2D eigenvalue weighted by molar-refractivity contribution is 6.00. The molecule has 0 radical (unpaired) electrons. The Bertz CT molecular complexity index is 805. The summed E-state index contributed by atoms with van der Waals surface area (Å²) in [6, 6.07) is 9.59. The zero-order chi connectivity index (χ0) is 18.1. The molecule has 2 atom stereocenters. The number of likely N-dealkylation sites (tertiary alicyclic amines) is 1. The van der Waals surface area contributed by atoms with Crippen molar-refractivity contribution in [2.75, 3.05) is 24.5 Å². The standard InChI is InChI=1S/C19H22N4O3/c1-14-19(25)22(16-5-2-3-6-17(16)26-14)12-8-18(24)21-11-7-15(13-21)23-10-4-9-20-23/h2-6,9-10,14-15H,7-8,11-13H2,1H3. The Kier molecular flexibility index (Phi) is 4.36. The quantitative estimate of drug-likeness (QED) is 0.840. The van der Waals surface area contributed by atoms with Crippen LogP contribution in [0.15, 0.2) is 42.7 Å². The minimum absolute atomic E-state index is 0.0732. The fourth-order valence-electron chi connectivity index (χ4n) is 3.64. The number of rotatable bonds is 4. The van der Waals surface area contributed by atoms with Gasteiger partial charge in [0.25, 0.3) is 5.91 Å². The van der Waals surface area contributed by atoms with Gasteiger partial charge in [-0.25, -0.2) is 0 Å². The van der Waals surface area contributed by atoms with Gasteiger partial charge in [-0.15, -0.1) is 0 Å². The van der Waals surface area contributed by atoms with Gasteiger partial charge >= 0.3 is 0 Å². The van der Waals surface area contributed by atoms with E-state index in [4.69, 9.17) is 4.74 Å². The van der Waals surface area contributed by atoms with Crippen molar-refractivity contribution in [3.63, 3.8) is 0 Å². The van der Waals surface area contributed by atoms with Crippen molar-refractivity contribution in [2.45, 2.75) is 31.9 Å². The molecule has 2 unspecified atom stereocenters. The predicted octanol–water partition coefficient (Wildman–Crippen LogP) is 1.86. The number of carbonyl (C=O) groups is 2. The van der Waals surface area contributed by atoms with Crippen molar-refractivity contribution in [3.8, 4) is 5.75 Å². The second-order valence-corrected chi connectivity index (χ2v) is 6.74. The third-order valence-electron chi connectivity index (χ3n) is 5.04. The molecule has 0 aliphatic carbocycles. The summed E-state index contributed by atoms with van der Waals surface area (Å²) in [4.78, 5) is 28.7. The lowest BCUT2D eigenvalue weighted by atomic mass is 10.1. The van der Waals surface area contributed by atoms with Gasteiger partial charge < -0.3 is 14.5 Å². The number of aromatic nitrogens is 2. The van der Waals surface area contributed by atoms with E-state index in [1.807, 2.05) is 46.1 Å². The molecule has 4 rings (SSSR count). The van der Waals surface area contributed by atoms with E-state index in [2.05, 4.69) is 5.10 Å². The highest BCUT2D eigenvalue weighted by atomic mass is 16.5. The van der Waals surface area contributed by atoms with Crippen LogP contribution in [0.4, 0.5) is 5.69 Å². The lowest BCUT2D eigenvalue weighted by Crippen LogP contribution is -2.46. The van der Waals surface area contributed by atoms with Crippen LogP contribution in [0.2, 0.25) is 0 Å². The molecule has 2 aromatic rings. The monoisotopic (exact) mass is 354 g/mol. The first-order valence-electron chi connectivity index (χ1n) is 8.97. The van der Waals surface area contributed by atoms with Crippen molar-refractivity contribution in [3.05, 3.63) is 42.7 Å². The molecule has 2 amide bonds. The first kappa shape index (κ1) is 16.6. The Morgan fingerprint density at radius 2 is 2.15 bits per heavy atom. The van der Waals surface area contributed by atoms with Crippen LogP contribution in [-0.2, 0) is 9.59 Å². The predicted molar refractivity (Wildman–Crippen MR) is 96.0 cm³/mol.